The van der Waals surface area contributed by atoms with Gasteiger partial charge in [0.1, 0.15) is 5.54 Å². The van der Waals surface area contributed by atoms with E-state index in [4.69, 9.17) is 11.6 Å². The molecule has 0 bridgehead atoms. The van der Waals surface area contributed by atoms with Crippen molar-refractivity contribution in [1.82, 2.24) is 19.6 Å². The van der Waals surface area contributed by atoms with Crippen molar-refractivity contribution >= 4 is 23.2 Å². The number of halogens is 1. The smallest absolute Gasteiger partial charge is 0.251 e. The monoisotopic (exact) mass is 281 g/mol. The Bertz CT molecular complexity index is 613. The van der Waals surface area contributed by atoms with Crippen LogP contribution in [0, 0.1) is 6.92 Å². The fraction of sp³-hybridized carbons (Fsp3) is 0.417. The number of nitrogens with one attached hydrogen (secondary N) is 1. The summed E-state index contributed by atoms with van der Waals surface area (Å²) in [6.07, 6.45) is 4.89. The first-order chi connectivity index (χ1) is 8.80. The molecule has 2 aromatic heterocycles. The number of aryl methyl sites for hydroxylation is 2. The summed E-state index contributed by atoms with van der Waals surface area (Å²) in [6.45, 7) is 5.39. The molecular weight excluding hydrogens is 266 g/mol. The van der Waals surface area contributed by atoms with Crippen LogP contribution in [-0.2, 0) is 17.4 Å². The molecule has 19 heavy (non-hydrogen) atoms. The standard InChI is InChI=1S/C12H16ClN5O/c1-8-10(7-17(4)16-8)15-11(19)12(2,3)18-6-9(13)5-14-18/h5-7H,1-4H3,(H,15,19). The maximum Gasteiger partial charge on any atom is 0.251 e. The Balaban J connectivity index is 2.21. The summed E-state index contributed by atoms with van der Waals surface area (Å²) in [5.74, 6) is -0.177. The van der Waals surface area contributed by atoms with Crippen molar-refractivity contribution in [1.29, 1.82) is 0 Å². The molecule has 0 radical (unpaired) electrons. The molecule has 7 heteroatoms. The van der Waals surface area contributed by atoms with E-state index in [1.165, 1.54) is 10.9 Å². The highest BCUT2D eigenvalue weighted by Gasteiger charge is 2.31. The molecule has 0 spiro atoms. The van der Waals surface area contributed by atoms with Crippen LogP contribution in [0.3, 0.4) is 0 Å². The molecule has 1 N–H and O–H groups in total. The number of rotatable bonds is 3. The zero-order valence-electron chi connectivity index (χ0n) is 11.3. The average molecular weight is 282 g/mol. The van der Waals surface area contributed by atoms with Gasteiger partial charge in [0, 0.05) is 19.4 Å². The highest BCUT2D eigenvalue weighted by atomic mass is 35.5. The van der Waals surface area contributed by atoms with Crippen LogP contribution in [0.5, 0.6) is 0 Å². The van der Waals surface area contributed by atoms with Crippen LogP contribution in [0.2, 0.25) is 5.02 Å². The van der Waals surface area contributed by atoms with Crippen molar-refractivity contribution in [3.05, 3.63) is 29.3 Å². The van der Waals surface area contributed by atoms with Crippen molar-refractivity contribution in [3.63, 3.8) is 0 Å². The minimum atomic E-state index is -0.838. The maximum atomic E-state index is 12.4. The first-order valence-corrected chi connectivity index (χ1v) is 6.21. The topological polar surface area (TPSA) is 64.7 Å². The van der Waals surface area contributed by atoms with Crippen molar-refractivity contribution in [3.8, 4) is 0 Å². The van der Waals surface area contributed by atoms with Gasteiger partial charge in [-0.3, -0.25) is 14.2 Å². The Labute approximate surface area is 116 Å². The summed E-state index contributed by atoms with van der Waals surface area (Å²) < 4.78 is 3.19. The number of nitrogens with zero attached hydrogens (tertiary/aromatic N) is 4. The van der Waals surface area contributed by atoms with E-state index in [0.29, 0.717) is 10.7 Å². The van der Waals surface area contributed by atoms with Crippen LogP contribution in [0.4, 0.5) is 5.69 Å². The Hall–Kier alpha value is -1.82. The molecule has 102 valence electrons. The second-order valence-electron chi connectivity index (χ2n) is 4.92. The van der Waals surface area contributed by atoms with E-state index in [9.17, 15) is 4.79 Å². The Morgan fingerprint density at radius 3 is 2.58 bits per heavy atom. The fourth-order valence-corrected chi connectivity index (χ4v) is 1.84. The van der Waals surface area contributed by atoms with E-state index in [-0.39, 0.29) is 5.91 Å². The fourth-order valence-electron chi connectivity index (χ4n) is 1.71. The summed E-state index contributed by atoms with van der Waals surface area (Å²) in [6, 6.07) is 0. The molecule has 2 heterocycles. The zero-order valence-corrected chi connectivity index (χ0v) is 12.1. The molecule has 0 aliphatic rings. The molecule has 2 aromatic rings. The normalized spacial score (nSPS) is 11.6. The van der Waals surface area contributed by atoms with Gasteiger partial charge in [0.2, 0.25) is 0 Å². The lowest BCUT2D eigenvalue weighted by atomic mass is 10.1. The number of hydrogen-bond donors (Lipinski definition) is 1. The highest BCUT2D eigenvalue weighted by molar-refractivity contribution is 6.30. The lowest BCUT2D eigenvalue weighted by Crippen LogP contribution is -2.40. The van der Waals surface area contributed by atoms with Crippen LogP contribution in [-0.4, -0.2) is 25.5 Å². The molecule has 2 rings (SSSR count). The third kappa shape index (κ3) is 2.63. The summed E-state index contributed by atoms with van der Waals surface area (Å²) in [4.78, 5) is 12.4. The average Bonchev–Trinajstić information content (AvgIpc) is 2.86. The molecule has 6 nitrogen and oxygen atoms in total. The Kier molecular flexibility index (Phi) is 3.36. The van der Waals surface area contributed by atoms with Gasteiger partial charge in [0.25, 0.3) is 5.91 Å². The van der Waals surface area contributed by atoms with Crippen LogP contribution >= 0.6 is 11.6 Å². The SMILES string of the molecule is Cc1nn(C)cc1NC(=O)C(C)(C)n1cc(Cl)cn1. The lowest BCUT2D eigenvalue weighted by Gasteiger charge is -2.23. The van der Waals surface area contributed by atoms with Crippen molar-refractivity contribution < 1.29 is 4.79 Å². The molecule has 0 aromatic carbocycles. The molecule has 0 fully saturated rings. The van der Waals surface area contributed by atoms with E-state index >= 15 is 0 Å². The van der Waals surface area contributed by atoms with E-state index in [0.717, 1.165) is 5.69 Å². The first-order valence-electron chi connectivity index (χ1n) is 5.83. The van der Waals surface area contributed by atoms with Gasteiger partial charge in [-0.15, -0.1) is 0 Å². The quantitative estimate of drug-likeness (QED) is 0.935. The Morgan fingerprint density at radius 1 is 1.42 bits per heavy atom. The molecule has 0 atom stereocenters. The number of carbonyl (C=O) groups is 1. The van der Waals surface area contributed by atoms with Crippen molar-refractivity contribution in [2.75, 3.05) is 5.32 Å². The number of hydrogen-bond acceptors (Lipinski definition) is 3. The summed E-state index contributed by atoms with van der Waals surface area (Å²) in [5, 5.41) is 11.6. The van der Waals surface area contributed by atoms with Gasteiger partial charge in [-0.05, 0) is 20.8 Å². The maximum absolute atomic E-state index is 12.4. The van der Waals surface area contributed by atoms with Gasteiger partial charge < -0.3 is 5.32 Å². The third-order valence-corrected chi connectivity index (χ3v) is 3.14. The van der Waals surface area contributed by atoms with Crippen LogP contribution < -0.4 is 5.32 Å². The summed E-state index contributed by atoms with van der Waals surface area (Å²) in [7, 11) is 1.81. The van der Waals surface area contributed by atoms with Crippen LogP contribution in [0.25, 0.3) is 0 Å². The largest absolute Gasteiger partial charge is 0.321 e. The number of amides is 1. The van der Waals surface area contributed by atoms with E-state index in [1.54, 1.807) is 38.0 Å². The van der Waals surface area contributed by atoms with Gasteiger partial charge in [-0.1, -0.05) is 11.6 Å². The van der Waals surface area contributed by atoms with Gasteiger partial charge >= 0.3 is 0 Å². The van der Waals surface area contributed by atoms with Gasteiger partial charge in [-0.2, -0.15) is 10.2 Å². The van der Waals surface area contributed by atoms with Crippen LogP contribution in [0.15, 0.2) is 18.6 Å². The van der Waals surface area contributed by atoms with E-state index < -0.39 is 5.54 Å². The third-order valence-electron chi connectivity index (χ3n) is 2.94. The summed E-state index contributed by atoms with van der Waals surface area (Å²) >= 11 is 5.83. The molecule has 0 unspecified atom stereocenters. The van der Waals surface area contributed by atoms with Crippen molar-refractivity contribution in [2.45, 2.75) is 26.3 Å². The number of anilines is 1. The minimum absolute atomic E-state index is 0.177. The van der Waals surface area contributed by atoms with E-state index in [2.05, 4.69) is 15.5 Å². The second-order valence-corrected chi connectivity index (χ2v) is 5.35. The number of carbonyl (C=O) groups excluding carboxylic acids is 1. The molecular formula is C12H16ClN5O. The molecule has 0 aliphatic carbocycles. The Morgan fingerprint density at radius 2 is 2.11 bits per heavy atom. The molecule has 0 aliphatic heterocycles. The molecule has 1 amide bonds. The van der Waals surface area contributed by atoms with Crippen molar-refractivity contribution in [2.24, 2.45) is 7.05 Å². The number of aromatic nitrogens is 4. The highest BCUT2D eigenvalue weighted by Crippen LogP contribution is 2.20. The van der Waals surface area contributed by atoms with E-state index in [1.807, 2.05) is 6.92 Å². The second kappa shape index (κ2) is 4.70. The predicted molar refractivity (Wildman–Crippen MR) is 73.1 cm³/mol. The lowest BCUT2D eigenvalue weighted by molar-refractivity contribution is -0.123. The van der Waals surface area contributed by atoms with Gasteiger partial charge in [0.15, 0.2) is 0 Å². The van der Waals surface area contributed by atoms with Crippen LogP contribution in [0.1, 0.15) is 19.5 Å². The minimum Gasteiger partial charge on any atom is -0.321 e. The van der Waals surface area contributed by atoms with Gasteiger partial charge in [-0.25, -0.2) is 0 Å². The predicted octanol–water partition coefficient (Wildman–Crippen LogP) is 1.95. The molecule has 0 saturated carbocycles. The molecule has 0 saturated heterocycles. The van der Waals surface area contributed by atoms with Gasteiger partial charge in [0.05, 0.1) is 22.6 Å². The first kappa shape index (κ1) is 13.6. The summed E-state index contributed by atoms with van der Waals surface area (Å²) in [5.41, 5.74) is 0.624. The zero-order chi connectivity index (χ0) is 14.2.